The van der Waals surface area contributed by atoms with E-state index in [2.05, 4.69) is 40.2 Å². The molecule has 5 rings (SSSR count). The minimum absolute atomic E-state index is 0.0174. The first-order valence-electron chi connectivity index (χ1n) is 9.75. The maximum atomic E-state index is 12.5. The van der Waals surface area contributed by atoms with Gasteiger partial charge in [-0.25, -0.2) is 0 Å². The van der Waals surface area contributed by atoms with Crippen LogP contribution in [-0.2, 0) is 11.2 Å². The van der Waals surface area contributed by atoms with Crippen LogP contribution in [0, 0.1) is 0 Å². The van der Waals surface area contributed by atoms with Crippen molar-refractivity contribution in [2.45, 2.75) is 16.2 Å². The second-order valence-electron chi connectivity index (χ2n) is 7.26. The van der Waals surface area contributed by atoms with Gasteiger partial charge in [-0.05, 0) is 35.7 Å². The normalized spacial score (nSPS) is 15.6. The first-order chi connectivity index (χ1) is 14.2. The fourth-order valence-electron chi connectivity index (χ4n) is 3.94. The highest BCUT2D eigenvalue weighted by Gasteiger charge is 2.21. The molecule has 0 spiro atoms. The molecular weight excluding hydrogens is 384 g/mol. The van der Waals surface area contributed by atoms with Crippen molar-refractivity contribution in [1.82, 2.24) is 4.98 Å². The number of anilines is 1. The number of pyridine rings is 1. The van der Waals surface area contributed by atoms with Gasteiger partial charge in [0.15, 0.2) is 5.43 Å². The smallest absolute Gasteiger partial charge is 0.184 e. The van der Waals surface area contributed by atoms with Crippen molar-refractivity contribution in [2.75, 3.05) is 38.3 Å². The largest absolute Gasteiger partial charge is 0.497 e. The van der Waals surface area contributed by atoms with Crippen molar-refractivity contribution in [3.8, 4) is 17.0 Å². The van der Waals surface area contributed by atoms with Crippen molar-refractivity contribution in [1.29, 1.82) is 0 Å². The summed E-state index contributed by atoms with van der Waals surface area (Å²) in [5.74, 6) is 1.74. The van der Waals surface area contributed by atoms with Crippen LogP contribution in [0.15, 0.2) is 63.1 Å². The molecule has 3 heterocycles. The highest BCUT2D eigenvalue weighted by Crippen LogP contribution is 2.45. The Morgan fingerprint density at radius 2 is 1.93 bits per heavy atom. The predicted molar refractivity (Wildman–Crippen MR) is 115 cm³/mol. The van der Waals surface area contributed by atoms with E-state index >= 15 is 0 Å². The van der Waals surface area contributed by atoms with Gasteiger partial charge in [0.2, 0.25) is 0 Å². The van der Waals surface area contributed by atoms with Crippen molar-refractivity contribution in [3.05, 3.63) is 69.9 Å². The average molecular weight is 407 g/mol. The van der Waals surface area contributed by atoms with Crippen LogP contribution in [0.3, 0.4) is 0 Å². The number of benzene rings is 2. The number of hydrogen-bond acceptors (Lipinski definition) is 5. The van der Waals surface area contributed by atoms with Crippen molar-refractivity contribution < 1.29 is 9.47 Å². The second kappa shape index (κ2) is 7.61. The van der Waals surface area contributed by atoms with Gasteiger partial charge >= 0.3 is 0 Å². The summed E-state index contributed by atoms with van der Waals surface area (Å²) >= 11 is 1.76. The molecule has 1 saturated heterocycles. The number of nitrogens with one attached hydrogen (secondary N) is 1. The van der Waals surface area contributed by atoms with Gasteiger partial charge in [0.1, 0.15) is 11.6 Å². The van der Waals surface area contributed by atoms with Gasteiger partial charge in [-0.2, -0.15) is 0 Å². The van der Waals surface area contributed by atoms with Gasteiger partial charge in [0.25, 0.3) is 0 Å². The van der Waals surface area contributed by atoms with Crippen LogP contribution in [0.2, 0.25) is 0 Å². The molecule has 0 saturated carbocycles. The molecule has 0 aliphatic carbocycles. The van der Waals surface area contributed by atoms with E-state index in [-0.39, 0.29) is 5.43 Å². The lowest BCUT2D eigenvalue weighted by molar-refractivity contribution is 0.122. The molecule has 1 aromatic heterocycles. The molecule has 0 unspecified atom stereocenters. The SMILES string of the molecule is COc1ccc2c(c1)Cc1cccc(-c3cc(=O)cc(N4CCOCC4)[nH]3)c1S2. The van der Waals surface area contributed by atoms with Crippen LogP contribution in [0.25, 0.3) is 11.3 Å². The number of methoxy groups -OCH3 is 1. The lowest BCUT2D eigenvalue weighted by atomic mass is 10.00. The Morgan fingerprint density at radius 1 is 1.07 bits per heavy atom. The van der Waals surface area contributed by atoms with E-state index in [0.29, 0.717) is 13.2 Å². The third kappa shape index (κ3) is 3.54. The van der Waals surface area contributed by atoms with E-state index in [1.807, 2.05) is 6.07 Å². The number of H-pyrrole nitrogens is 1. The average Bonchev–Trinajstić information content (AvgIpc) is 2.77. The number of nitrogens with zero attached hydrogens (tertiary/aromatic N) is 1. The summed E-state index contributed by atoms with van der Waals surface area (Å²) in [7, 11) is 1.70. The monoisotopic (exact) mass is 406 g/mol. The zero-order valence-corrected chi connectivity index (χ0v) is 17.1. The third-order valence-corrected chi connectivity index (χ3v) is 6.73. The molecule has 2 aromatic carbocycles. The first-order valence-corrected chi connectivity index (χ1v) is 10.6. The summed E-state index contributed by atoms with van der Waals surface area (Å²) in [5, 5.41) is 0. The molecule has 148 valence electrons. The van der Waals surface area contributed by atoms with Crippen molar-refractivity contribution in [2.24, 2.45) is 0 Å². The number of rotatable bonds is 3. The molecule has 1 N–H and O–H groups in total. The van der Waals surface area contributed by atoms with Crippen LogP contribution in [0.4, 0.5) is 5.82 Å². The molecule has 0 amide bonds. The van der Waals surface area contributed by atoms with Gasteiger partial charge in [-0.15, -0.1) is 0 Å². The van der Waals surface area contributed by atoms with Crippen molar-refractivity contribution in [3.63, 3.8) is 0 Å². The molecule has 6 heteroatoms. The fourth-order valence-corrected chi connectivity index (χ4v) is 5.12. The minimum atomic E-state index is 0.0174. The number of aromatic nitrogens is 1. The predicted octanol–water partition coefficient (Wildman–Crippen LogP) is 3.94. The summed E-state index contributed by atoms with van der Waals surface area (Å²) in [6.45, 7) is 2.94. The van der Waals surface area contributed by atoms with E-state index in [1.165, 1.54) is 20.9 Å². The summed E-state index contributed by atoms with van der Waals surface area (Å²) in [6.07, 6.45) is 0.857. The number of ether oxygens (including phenoxy) is 2. The topological polar surface area (TPSA) is 54.6 Å². The van der Waals surface area contributed by atoms with Crippen LogP contribution in [-0.4, -0.2) is 38.4 Å². The molecular formula is C23H22N2O3S. The van der Waals surface area contributed by atoms with E-state index in [4.69, 9.17) is 9.47 Å². The van der Waals surface area contributed by atoms with Gasteiger partial charge in [0, 0.05) is 40.6 Å². The van der Waals surface area contributed by atoms with Crippen LogP contribution < -0.4 is 15.1 Å². The second-order valence-corrected chi connectivity index (χ2v) is 8.31. The fraction of sp³-hybridized carbons (Fsp3) is 0.261. The zero-order chi connectivity index (χ0) is 19.8. The Bertz CT molecular complexity index is 1120. The maximum Gasteiger partial charge on any atom is 0.184 e. The molecule has 0 bridgehead atoms. The highest BCUT2D eigenvalue weighted by molar-refractivity contribution is 7.99. The van der Waals surface area contributed by atoms with E-state index in [1.54, 1.807) is 31.0 Å². The quantitative estimate of drug-likeness (QED) is 0.558. The van der Waals surface area contributed by atoms with Crippen LogP contribution in [0.1, 0.15) is 11.1 Å². The lowest BCUT2D eigenvalue weighted by Gasteiger charge is -2.29. The summed E-state index contributed by atoms with van der Waals surface area (Å²) in [4.78, 5) is 20.6. The molecule has 5 nitrogen and oxygen atoms in total. The Labute approximate surface area is 173 Å². The van der Waals surface area contributed by atoms with E-state index in [9.17, 15) is 4.79 Å². The van der Waals surface area contributed by atoms with Crippen molar-refractivity contribution >= 4 is 17.6 Å². The third-order valence-electron chi connectivity index (χ3n) is 5.43. The van der Waals surface area contributed by atoms with E-state index in [0.717, 1.165) is 42.3 Å². The lowest BCUT2D eigenvalue weighted by Crippen LogP contribution is -2.37. The summed E-state index contributed by atoms with van der Waals surface area (Å²) in [5.41, 5.74) is 4.49. The molecule has 0 radical (unpaired) electrons. The zero-order valence-electron chi connectivity index (χ0n) is 16.2. The first kappa shape index (κ1) is 18.3. The molecule has 0 atom stereocenters. The molecule has 2 aliphatic rings. The van der Waals surface area contributed by atoms with E-state index < -0.39 is 0 Å². The molecule has 29 heavy (non-hydrogen) atoms. The van der Waals surface area contributed by atoms with Gasteiger partial charge < -0.3 is 19.4 Å². The summed E-state index contributed by atoms with van der Waals surface area (Å²) < 4.78 is 10.8. The Morgan fingerprint density at radius 3 is 2.76 bits per heavy atom. The standard InChI is InChI=1S/C23H22N2O3S/c1-27-18-5-6-21-16(12-18)11-15-3-2-4-19(23(15)29-21)20-13-17(26)14-22(24-20)25-7-9-28-10-8-25/h2-6,12-14H,7-11H2,1H3,(H,24,26). The molecule has 2 aliphatic heterocycles. The van der Waals surface area contributed by atoms with Crippen LogP contribution in [0.5, 0.6) is 5.75 Å². The number of morpholine rings is 1. The summed E-state index contributed by atoms with van der Waals surface area (Å²) in [6, 6.07) is 15.9. The molecule has 1 fully saturated rings. The van der Waals surface area contributed by atoms with Gasteiger partial charge in [-0.1, -0.05) is 30.0 Å². The Balaban J connectivity index is 1.55. The van der Waals surface area contributed by atoms with Gasteiger partial charge in [-0.3, -0.25) is 4.79 Å². The number of hydrogen-bond donors (Lipinski definition) is 1. The molecule has 3 aromatic rings. The van der Waals surface area contributed by atoms with Crippen LogP contribution >= 0.6 is 11.8 Å². The minimum Gasteiger partial charge on any atom is -0.497 e. The number of aromatic amines is 1. The Kier molecular flexibility index (Phi) is 4.81. The number of fused-ring (bicyclic) bond motifs is 2. The Hall–Kier alpha value is -2.70. The highest BCUT2D eigenvalue weighted by atomic mass is 32.2. The maximum absolute atomic E-state index is 12.5. The van der Waals surface area contributed by atoms with Gasteiger partial charge in [0.05, 0.1) is 26.0 Å².